The quantitative estimate of drug-likeness (QED) is 0.493. The van der Waals surface area contributed by atoms with Crippen LogP contribution < -0.4 is 10.8 Å². The number of nitrogens with zero attached hydrogens (tertiary/aromatic N) is 3. The summed E-state index contributed by atoms with van der Waals surface area (Å²) in [6, 6.07) is 16.6. The molecule has 26 heavy (non-hydrogen) atoms. The standard InChI is InChI=1S/C19H16ClN5S/c1-12-6-7-16(10-17(12)20)24-19(25-18(22)8-13(2)26-25)23-15-5-3-4-14(9-15)11-21/h3-10,22H,1-2H3,(H,23,24). The van der Waals surface area contributed by atoms with E-state index in [1.54, 1.807) is 34.3 Å². The Morgan fingerprint density at radius 1 is 1.23 bits per heavy atom. The van der Waals surface area contributed by atoms with Gasteiger partial charge in [-0.15, -0.1) is 0 Å². The molecule has 5 nitrogen and oxygen atoms in total. The Morgan fingerprint density at radius 3 is 2.69 bits per heavy atom. The molecule has 0 bridgehead atoms. The number of anilines is 1. The van der Waals surface area contributed by atoms with Crippen LogP contribution in [0.5, 0.6) is 0 Å². The summed E-state index contributed by atoms with van der Waals surface area (Å²) in [7, 11) is 0. The molecule has 130 valence electrons. The normalized spacial score (nSPS) is 11.2. The molecule has 0 fully saturated rings. The monoisotopic (exact) mass is 381 g/mol. The number of rotatable bonds is 2. The lowest BCUT2D eigenvalue weighted by atomic mass is 10.2. The number of aryl methyl sites for hydroxylation is 2. The van der Waals surface area contributed by atoms with Crippen molar-refractivity contribution >= 4 is 40.5 Å². The van der Waals surface area contributed by atoms with Crippen LogP contribution in [0, 0.1) is 30.6 Å². The molecule has 0 aliphatic rings. The smallest absolute Gasteiger partial charge is 0.223 e. The van der Waals surface area contributed by atoms with Crippen LogP contribution >= 0.6 is 23.1 Å². The van der Waals surface area contributed by atoms with Crippen molar-refractivity contribution in [3.05, 3.63) is 75.0 Å². The van der Waals surface area contributed by atoms with E-state index in [-0.39, 0.29) is 0 Å². The average molecular weight is 382 g/mol. The maximum Gasteiger partial charge on any atom is 0.223 e. The third-order valence-electron chi connectivity index (χ3n) is 3.62. The van der Waals surface area contributed by atoms with Crippen molar-refractivity contribution in [1.29, 1.82) is 10.7 Å². The molecule has 1 aromatic heterocycles. The lowest BCUT2D eigenvalue weighted by Crippen LogP contribution is -2.28. The number of nitriles is 1. The average Bonchev–Trinajstić information content (AvgIpc) is 2.96. The van der Waals surface area contributed by atoms with Crippen molar-refractivity contribution in [1.82, 2.24) is 3.96 Å². The molecule has 3 aromatic rings. The minimum atomic E-state index is 0.327. The Hall–Kier alpha value is -2.88. The molecule has 2 N–H and O–H groups in total. The van der Waals surface area contributed by atoms with Crippen molar-refractivity contribution in [3.8, 4) is 6.07 Å². The van der Waals surface area contributed by atoms with Gasteiger partial charge in [-0.1, -0.05) is 35.3 Å². The van der Waals surface area contributed by atoms with Crippen molar-refractivity contribution in [3.63, 3.8) is 0 Å². The van der Waals surface area contributed by atoms with E-state index in [4.69, 9.17) is 22.3 Å². The van der Waals surface area contributed by atoms with E-state index in [0.717, 1.165) is 16.1 Å². The van der Waals surface area contributed by atoms with Crippen LogP contribution in [-0.4, -0.2) is 9.92 Å². The molecule has 2 aromatic carbocycles. The number of aliphatic imine (C=N–C) groups is 1. The van der Waals surface area contributed by atoms with Gasteiger partial charge >= 0.3 is 0 Å². The van der Waals surface area contributed by atoms with Gasteiger partial charge in [0.1, 0.15) is 5.49 Å². The summed E-state index contributed by atoms with van der Waals surface area (Å²) in [5.41, 5.74) is 3.25. The summed E-state index contributed by atoms with van der Waals surface area (Å²) in [6.45, 7) is 3.87. The Bertz CT molecular complexity index is 1090. The van der Waals surface area contributed by atoms with E-state index in [0.29, 0.717) is 27.7 Å². The zero-order chi connectivity index (χ0) is 18.7. The van der Waals surface area contributed by atoms with E-state index in [1.807, 2.05) is 32.0 Å². The summed E-state index contributed by atoms with van der Waals surface area (Å²) in [5.74, 6) is 0.475. The fourth-order valence-electron chi connectivity index (χ4n) is 2.32. The molecule has 1 heterocycles. The van der Waals surface area contributed by atoms with Crippen LogP contribution in [0.4, 0.5) is 11.4 Å². The predicted octanol–water partition coefficient (Wildman–Crippen LogP) is 4.82. The lowest BCUT2D eigenvalue weighted by Gasteiger charge is -2.11. The zero-order valence-electron chi connectivity index (χ0n) is 14.2. The second kappa shape index (κ2) is 7.56. The highest BCUT2D eigenvalue weighted by Gasteiger charge is 2.09. The molecular weight excluding hydrogens is 366 g/mol. The van der Waals surface area contributed by atoms with Gasteiger partial charge in [0.2, 0.25) is 5.96 Å². The van der Waals surface area contributed by atoms with Crippen molar-refractivity contribution in [2.75, 3.05) is 5.32 Å². The zero-order valence-corrected chi connectivity index (χ0v) is 15.8. The molecule has 0 saturated heterocycles. The van der Waals surface area contributed by atoms with Gasteiger partial charge in [0.25, 0.3) is 0 Å². The maximum atomic E-state index is 9.10. The van der Waals surface area contributed by atoms with Crippen LogP contribution in [0.3, 0.4) is 0 Å². The van der Waals surface area contributed by atoms with Gasteiger partial charge in [0, 0.05) is 15.6 Å². The van der Waals surface area contributed by atoms with Gasteiger partial charge in [-0.3, -0.25) is 5.41 Å². The SMILES string of the molecule is Cc1cc(=N)n(C(=Nc2ccc(C)c(Cl)c2)Nc2cccc(C#N)c2)s1. The Kier molecular flexibility index (Phi) is 5.21. The summed E-state index contributed by atoms with van der Waals surface area (Å²) in [4.78, 5) is 5.64. The van der Waals surface area contributed by atoms with Gasteiger partial charge in [-0.2, -0.15) is 5.26 Å². The first-order valence-electron chi connectivity index (χ1n) is 7.83. The highest BCUT2D eigenvalue weighted by molar-refractivity contribution is 7.07. The van der Waals surface area contributed by atoms with Gasteiger partial charge in [-0.05, 0) is 55.8 Å². The first-order chi connectivity index (χ1) is 12.5. The van der Waals surface area contributed by atoms with Crippen molar-refractivity contribution < 1.29 is 0 Å². The summed E-state index contributed by atoms with van der Waals surface area (Å²) in [6.07, 6.45) is 0. The van der Waals surface area contributed by atoms with Crippen molar-refractivity contribution in [2.45, 2.75) is 13.8 Å². The van der Waals surface area contributed by atoms with Crippen LogP contribution in [0.25, 0.3) is 0 Å². The number of hydrogen-bond acceptors (Lipinski definition) is 4. The molecule has 0 radical (unpaired) electrons. The third kappa shape index (κ3) is 4.02. The topological polar surface area (TPSA) is 77.0 Å². The molecule has 0 aliphatic heterocycles. The van der Waals surface area contributed by atoms with E-state index in [1.165, 1.54) is 11.5 Å². The molecule has 7 heteroatoms. The Morgan fingerprint density at radius 2 is 2.04 bits per heavy atom. The van der Waals surface area contributed by atoms with E-state index >= 15 is 0 Å². The fraction of sp³-hybridized carbons (Fsp3) is 0.105. The lowest BCUT2D eigenvalue weighted by molar-refractivity contribution is 1.07. The van der Waals surface area contributed by atoms with E-state index < -0.39 is 0 Å². The van der Waals surface area contributed by atoms with Gasteiger partial charge in [0.15, 0.2) is 0 Å². The number of benzene rings is 2. The fourth-order valence-corrected chi connectivity index (χ4v) is 3.27. The molecule has 0 unspecified atom stereocenters. The molecule has 0 amide bonds. The Balaban J connectivity index is 2.08. The molecule has 3 rings (SSSR count). The predicted molar refractivity (Wildman–Crippen MR) is 106 cm³/mol. The minimum absolute atomic E-state index is 0.327. The Labute approximate surface area is 160 Å². The first-order valence-corrected chi connectivity index (χ1v) is 8.98. The third-order valence-corrected chi connectivity index (χ3v) is 4.99. The molecular formula is C19H16ClN5S. The minimum Gasteiger partial charge on any atom is -0.325 e. The van der Waals surface area contributed by atoms with Crippen LogP contribution in [0.2, 0.25) is 5.02 Å². The van der Waals surface area contributed by atoms with Crippen molar-refractivity contribution in [2.24, 2.45) is 4.99 Å². The number of hydrogen-bond donors (Lipinski definition) is 2. The number of aromatic nitrogens is 1. The second-order valence-corrected chi connectivity index (χ2v) is 7.31. The van der Waals surface area contributed by atoms with Crippen LogP contribution in [0.1, 0.15) is 16.0 Å². The largest absolute Gasteiger partial charge is 0.325 e. The second-order valence-electron chi connectivity index (χ2n) is 5.71. The first kappa shape index (κ1) is 17.9. The molecule has 0 spiro atoms. The van der Waals surface area contributed by atoms with E-state index in [2.05, 4.69) is 16.4 Å². The van der Waals surface area contributed by atoms with Crippen LogP contribution in [0.15, 0.2) is 53.5 Å². The number of nitrogens with one attached hydrogen (secondary N) is 2. The molecule has 0 atom stereocenters. The summed E-state index contributed by atoms with van der Waals surface area (Å²) >= 11 is 7.63. The van der Waals surface area contributed by atoms with Gasteiger partial charge < -0.3 is 5.32 Å². The molecule has 0 aliphatic carbocycles. The summed E-state index contributed by atoms with van der Waals surface area (Å²) in [5, 5.41) is 21.1. The highest BCUT2D eigenvalue weighted by atomic mass is 35.5. The van der Waals surface area contributed by atoms with Gasteiger partial charge in [-0.25, -0.2) is 8.95 Å². The molecule has 0 saturated carbocycles. The summed E-state index contributed by atoms with van der Waals surface area (Å²) < 4.78 is 1.70. The highest BCUT2D eigenvalue weighted by Crippen LogP contribution is 2.23. The maximum absolute atomic E-state index is 9.10. The van der Waals surface area contributed by atoms with Gasteiger partial charge in [0.05, 0.1) is 17.3 Å². The van der Waals surface area contributed by atoms with Crippen LogP contribution in [-0.2, 0) is 0 Å². The number of halogens is 1. The van der Waals surface area contributed by atoms with E-state index in [9.17, 15) is 0 Å².